The van der Waals surface area contributed by atoms with E-state index in [0.717, 1.165) is 12.5 Å². The summed E-state index contributed by atoms with van der Waals surface area (Å²) in [6, 6.07) is 0.595. The smallest absolute Gasteiger partial charge is 0.0821 e. The Bertz CT molecular complexity index is 158. The molecule has 0 aromatic carbocycles. The standard InChI is InChI=1S/C12H23NOS/c1-13-12(10-5-3-2-4-6-10)11-9-15-8-7-14-11/h10-13H,2-9H2,1H3. The van der Waals surface area contributed by atoms with E-state index >= 15 is 0 Å². The van der Waals surface area contributed by atoms with Crippen molar-refractivity contribution < 1.29 is 4.74 Å². The van der Waals surface area contributed by atoms with E-state index < -0.39 is 0 Å². The largest absolute Gasteiger partial charge is 0.375 e. The molecule has 88 valence electrons. The van der Waals surface area contributed by atoms with Gasteiger partial charge >= 0.3 is 0 Å². The van der Waals surface area contributed by atoms with E-state index in [1.807, 2.05) is 11.8 Å². The normalized spacial score (nSPS) is 31.4. The molecule has 2 rings (SSSR count). The van der Waals surface area contributed by atoms with Crippen molar-refractivity contribution in [2.75, 3.05) is 25.2 Å². The van der Waals surface area contributed by atoms with Gasteiger partial charge < -0.3 is 10.1 Å². The molecule has 1 saturated heterocycles. The predicted octanol–water partition coefficient (Wildman–Crippen LogP) is 2.29. The summed E-state index contributed by atoms with van der Waals surface area (Å²) < 4.78 is 5.90. The summed E-state index contributed by atoms with van der Waals surface area (Å²) in [7, 11) is 2.10. The van der Waals surface area contributed by atoms with Gasteiger partial charge in [-0.1, -0.05) is 19.3 Å². The molecule has 15 heavy (non-hydrogen) atoms. The van der Waals surface area contributed by atoms with Crippen LogP contribution in [0.1, 0.15) is 32.1 Å². The summed E-state index contributed by atoms with van der Waals surface area (Å²) >= 11 is 2.05. The second-order valence-corrected chi connectivity index (χ2v) is 5.85. The fraction of sp³-hybridized carbons (Fsp3) is 1.00. The quantitative estimate of drug-likeness (QED) is 0.802. The highest BCUT2D eigenvalue weighted by Crippen LogP contribution is 2.30. The van der Waals surface area contributed by atoms with Crippen LogP contribution >= 0.6 is 11.8 Å². The lowest BCUT2D eigenvalue weighted by Gasteiger charge is -2.37. The van der Waals surface area contributed by atoms with Crippen LogP contribution in [0.5, 0.6) is 0 Å². The fourth-order valence-corrected chi connectivity index (χ4v) is 3.85. The zero-order chi connectivity index (χ0) is 10.5. The zero-order valence-electron chi connectivity index (χ0n) is 9.71. The van der Waals surface area contributed by atoms with Crippen molar-refractivity contribution in [2.45, 2.75) is 44.2 Å². The van der Waals surface area contributed by atoms with Gasteiger partial charge in [-0.2, -0.15) is 11.8 Å². The number of thioether (sulfide) groups is 1. The predicted molar refractivity (Wildman–Crippen MR) is 66.5 cm³/mol. The molecule has 2 fully saturated rings. The second-order valence-electron chi connectivity index (χ2n) is 4.70. The van der Waals surface area contributed by atoms with E-state index in [1.54, 1.807) is 0 Å². The first kappa shape index (κ1) is 11.7. The van der Waals surface area contributed by atoms with E-state index in [-0.39, 0.29) is 0 Å². The molecule has 1 aliphatic carbocycles. The number of rotatable bonds is 3. The summed E-state index contributed by atoms with van der Waals surface area (Å²) in [6.45, 7) is 0.945. The molecule has 0 bridgehead atoms. The molecule has 1 aliphatic heterocycles. The van der Waals surface area contributed by atoms with Crippen LogP contribution in [-0.2, 0) is 4.74 Å². The molecular weight excluding hydrogens is 206 g/mol. The van der Waals surface area contributed by atoms with Gasteiger partial charge in [-0.3, -0.25) is 0 Å². The third-order valence-corrected chi connectivity index (χ3v) is 4.75. The average Bonchev–Trinajstić information content (AvgIpc) is 2.33. The summed E-state index contributed by atoms with van der Waals surface area (Å²) in [6.07, 6.45) is 7.53. The molecule has 0 spiro atoms. The van der Waals surface area contributed by atoms with Gasteiger partial charge in [-0.25, -0.2) is 0 Å². The molecule has 1 saturated carbocycles. The molecule has 1 heterocycles. The molecule has 0 amide bonds. The van der Waals surface area contributed by atoms with Crippen LogP contribution in [0.25, 0.3) is 0 Å². The minimum Gasteiger partial charge on any atom is -0.375 e. The monoisotopic (exact) mass is 229 g/mol. The third-order valence-electron chi connectivity index (χ3n) is 3.73. The minimum atomic E-state index is 0.455. The summed E-state index contributed by atoms with van der Waals surface area (Å²) in [5.74, 6) is 3.21. The summed E-state index contributed by atoms with van der Waals surface area (Å²) in [5.41, 5.74) is 0. The second kappa shape index (κ2) is 6.12. The van der Waals surface area contributed by atoms with E-state index in [9.17, 15) is 0 Å². The van der Waals surface area contributed by atoms with E-state index in [0.29, 0.717) is 12.1 Å². The lowest BCUT2D eigenvalue weighted by atomic mass is 9.82. The van der Waals surface area contributed by atoms with Crippen LogP contribution in [-0.4, -0.2) is 37.3 Å². The fourth-order valence-electron chi connectivity index (χ4n) is 2.93. The van der Waals surface area contributed by atoms with E-state index in [1.165, 1.54) is 43.6 Å². The topological polar surface area (TPSA) is 21.3 Å². The lowest BCUT2D eigenvalue weighted by molar-refractivity contribution is 0.0259. The zero-order valence-corrected chi connectivity index (χ0v) is 10.5. The number of hydrogen-bond acceptors (Lipinski definition) is 3. The van der Waals surface area contributed by atoms with Gasteiger partial charge in [-0.05, 0) is 25.8 Å². The van der Waals surface area contributed by atoms with Crippen molar-refractivity contribution in [1.29, 1.82) is 0 Å². The molecule has 1 N–H and O–H groups in total. The summed E-state index contributed by atoms with van der Waals surface area (Å²) in [4.78, 5) is 0. The molecule has 2 unspecified atom stereocenters. The third kappa shape index (κ3) is 3.11. The maximum atomic E-state index is 5.90. The first-order valence-electron chi connectivity index (χ1n) is 6.28. The van der Waals surface area contributed by atoms with Gasteiger partial charge in [0.05, 0.1) is 12.7 Å². The first-order chi connectivity index (χ1) is 7.42. The van der Waals surface area contributed by atoms with Gasteiger partial charge in [0.1, 0.15) is 0 Å². The highest BCUT2D eigenvalue weighted by molar-refractivity contribution is 7.99. The van der Waals surface area contributed by atoms with Crippen molar-refractivity contribution in [2.24, 2.45) is 5.92 Å². The number of hydrogen-bond donors (Lipinski definition) is 1. The van der Waals surface area contributed by atoms with Crippen molar-refractivity contribution in [1.82, 2.24) is 5.32 Å². The van der Waals surface area contributed by atoms with Crippen LogP contribution < -0.4 is 5.32 Å². The van der Waals surface area contributed by atoms with Crippen LogP contribution in [0.3, 0.4) is 0 Å². The van der Waals surface area contributed by atoms with Crippen LogP contribution in [0.4, 0.5) is 0 Å². The molecule has 2 nitrogen and oxygen atoms in total. The Kier molecular flexibility index (Phi) is 4.79. The van der Waals surface area contributed by atoms with Gasteiger partial charge in [-0.15, -0.1) is 0 Å². The maximum Gasteiger partial charge on any atom is 0.0821 e. The molecule has 0 aromatic heterocycles. The molecule has 2 atom stereocenters. The van der Waals surface area contributed by atoms with Crippen molar-refractivity contribution in [3.8, 4) is 0 Å². The Hall–Kier alpha value is 0.270. The lowest BCUT2D eigenvalue weighted by Crippen LogP contribution is -2.48. The Morgan fingerprint density at radius 1 is 1.27 bits per heavy atom. The molecular formula is C12H23NOS. The Labute approximate surface area is 97.5 Å². The van der Waals surface area contributed by atoms with Crippen LogP contribution in [0.2, 0.25) is 0 Å². The highest BCUT2D eigenvalue weighted by atomic mass is 32.2. The van der Waals surface area contributed by atoms with Crippen molar-refractivity contribution in [3.05, 3.63) is 0 Å². The van der Waals surface area contributed by atoms with Crippen molar-refractivity contribution in [3.63, 3.8) is 0 Å². The van der Waals surface area contributed by atoms with Crippen LogP contribution in [0.15, 0.2) is 0 Å². The number of likely N-dealkylation sites (N-methyl/N-ethyl adjacent to an activating group) is 1. The van der Waals surface area contributed by atoms with Gasteiger partial charge in [0.2, 0.25) is 0 Å². The summed E-state index contributed by atoms with van der Waals surface area (Å²) in [5, 5.41) is 3.50. The first-order valence-corrected chi connectivity index (χ1v) is 7.44. The highest BCUT2D eigenvalue weighted by Gasteiger charge is 2.31. The number of nitrogens with one attached hydrogen (secondary N) is 1. The average molecular weight is 229 g/mol. The van der Waals surface area contributed by atoms with Gasteiger partial charge in [0.25, 0.3) is 0 Å². The molecule has 3 heteroatoms. The SMILES string of the molecule is CNC(C1CCCCC1)C1CSCCO1. The molecule has 0 aromatic rings. The molecule has 2 aliphatic rings. The minimum absolute atomic E-state index is 0.455. The van der Waals surface area contributed by atoms with Crippen molar-refractivity contribution >= 4 is 11.8 Å². The van der Waals surface area contributed by atoms with E-state index in [2.05, 4.69) is 12.4 Å². The Morgan fingerprint density at radius 2 is 2.07 bits per heavy atom. The van der Waals surface area contributed by atoms with Gasteiger partial charge in [0.15, 0.2) is 0 Å². The van der Waals surface area contributed by atoms with Crippen LogP contribution in [0, 0.1) is 5.92 Å². The van der Waals surface area contributed by atoms with Gasteiger partial charge in [0, 0.05) is 17.5 Å². The van der Waals surface area contributed by atoms with E-state index in [4.69, 9.17) is 4.74 Å². The molecule has 0 radical (unpaired) electrons. The maximum absolute atomic E-state index is 5.90. The Morgan fingerprint density at radius 3 is 2.67 bits per heavy atom. The number of ether oxygens (including phenoxy) is 1. The Balaban J connectivity index is 1.88.